The SMILES string of the molecule is CN(C)CCn1ncc(Cl)c1C(=O)CC1CCNCC1. The molecule has 2 heterocycles. The van der Waals surface area contributed by atoms with Gasteiger partial charge < -0.3 is 10.2 Å². The highest BCUT2D eigenvalue weighted by atomic mass is 35.5. The van der Waals surface area contributed by atoms with Crippen LogP contribution in [0.1, 0.15) is 29.8 Å². The van der Waals surface area contributed by atoms with Crippen LogP contribution in [0.4, 0.5) is 0 Å². The number of nitrogens with one attached hydrogen (secondary N) is 1. The number of rotatable bonds is 6. The van der Waals surface area contributed by atoms with Crippen LogP contribution in [0, 0.1) is 5.92 Å². The molecule has 2 rings (SSSR count). The van der Waals surface area contributed by atoms with E-state index in [-0.39, 0.29) is 5.78 Å². The van der Waals surface area contributed by atoms with Crippen LogP contribution in [0.2, 0.25) is 5.02 Å². The van der Waals surface area contributed by atoms with E-state index in [1.165, 1.54) is 0 Å². The summed E-state index contributed by atoms with van der Waals surface area (Å²) in [5, 5.41) is 8.02. The summed E-state index contributed by atoms with van der Waals surface area (Å²) in [6.45, 7) is 3.54. The lowest BCUT2D eigenvalue weighted by Crippen LogP contribution is -2.29. The van der Waals surface area contributed by atoms with Gasteiger partial charge in [-0.05, 0) is 45.9 Å². The van der Waals surface area contributed by atoms with Crippen LogP contribution in [0.25, 0.3) is 0 Å². The van der Waals surface area contributed by atoms with Gasteiger partial charge in [0.15, 0.2) is 5.78 Å². The number of carbonyl (C=O) groups excluding carboxylic acids is 1. The lowest BCUT2D eigenvalue weighted by molar-refractivity contribution is 0.0941. The molecule has 0 amide bonds. The summed E-state index contributed by atoms with van der Waals surface area (Å²) < 4.78 is 1.74. The van der Waals surface area contributed by atoms with Crippen molar-refractivity contribution in [3.63, 3.8) is 0 Å². The molecule has 0 unspecified atom stereocenters. The molecule has 5 nitrogen and oxygen atoms in total. The minimum absolute atomic E-state index is 0.123. The zero-order valence-electron chi connectivity index (χ0n) is 12.2. The Kier molecular flexibility index (Phi) is 5.57. The van der Waals surface area contributed by atoms with Crippen molar-refractivity contribution in [3.8, 4) is 0 Å². The molecule has 0 bridgehead atoms. The van der Waals surface area contributed by atoms with Crippen molar-refractivity contribution < 1.29 is 4.79 Å². The molecule has 0 saturated carbocycles. The van der Waals surface area contributed by atoms with Gasteiger partial charge in [-0.15, -0.1) is 0 Å². The maximum atomic E-state index is 12.5. The lowest BCUT2D eigenvalue weighted by Gasteiger charge is -2.22. The van der Waals surface area contributed by atoms with Gasteiger partial charge in [-0.3, -0.25) is 9.48 Å². The van der Waals surface area contributed by atoms with Gasteiger partial charge in [0.05, 0.1) is 17.8 Å². The number of ketones is 1. The van der Waals surface area contributed by atoms with E-state index in [9.17, 15) is 4.79 Å². The maximum Gasteiger partial charge on any atom is 0.182 e. The predicted molar refractivity (Wildman–Crippen MR) is 80.3 cm³/mol. The molecule has 1 saturated heterocycles. The fourth-order valence-electron chi connectivity index (χ4n) is 2.55. The largest absolute Gasteiger partial charge is 0.317 e. The molecule has 0 atom stereocenters. The Labute approximate surface area is 125 Å². The highest BCUT2D eigenvalue weighted by Gasteiger charge is 2.22. The standard InChI is InChI=1S/C14H23ClN4O/c1-18(2)7-8-19-14(12(15)10-17-19)13(20)9-11-3-5-16-6-4-11/h10-11,16H,3-9H2,1-2H3. The van der Waals surface area contributed by atoms with Gasteiger partial charge in [0.2, 0.25) is 0 Å². The second-order valence-corrected chi connectivity index (χ2v) is 6.10. The summed E-state index contributed by atoms with van der Waals surface area (Å²) in [4.78, 5) is 14.5. The lowest BCUT2D eigenvalue weighted by atomic mass is 9.92. The Balaban J connectivity index is 2.02. The van der Waals surface area contributed by atoms with Crippen molar-refractivity contribution in [2.75, 3.05) is 33.7 Å². The van der Waals surface area contributed by atoms with Crippen molar-refractivity contribution in [3.05, 3.63) is 16.9 Å². The maximum absolute atomic E-state index is 12.5. The molecule has 0 radical (unpaired) electrons. The van der Waals surface area contributed by atoms with Crippen molar-refractivity contribution in [2.24, 2.45) is 5.92 Å². The number of hydrogen-bond donors (Lipinski definition) is 1. The van der Waals surface area contributed by atoms with Gasteiger partial charge in [-0.2, -0.15) is 5.10 Å². The first-order valence-electron chi connectivity index (χ1n) is 7.18. The number of likely N-dealkylation sites (N-methyl/N-ethyl adjacent to an activating group) is 1. The Morgan fingerprint density at radius 1 is 1.50 bits per heavy atom. The monoisotopic (exact) mass is 298 g/mol. The summed E-state index contributed by atoms with van der Waals surface area (Å²) in [6.07, 6.45) is 4.28. The molecule has 1 fully saturated rings. The molecule has 1 aliphatic heterocycles. The van der Waals surface area contributed by atoms with E-state index >= 15 is 0 Å². The van der Waals surface area contributed by atoms with Gasteiger partial charge in [0.1, 0.15) is 5.69 Å². The third-order valence-corrected chi connectivity index (χ3v) is 4.03. The first-order valence-corrected chi connectivity index (χ1v) is 7.55. The fourth-order valence-corrected chi connectivity index (χ4v) is 2.80. The van der Waals surface area contributed by atoms with E-state index in [0.717, 1.165) is 32.5 Å². The summed E-state index contributed by atoms with van der Waals surface area (Å²) >= 11 is 6.14. The summed E-state index contributed by atoms with van der Waals surface area (Å²) in [7, 11) is 4.00. The van der Waals surface area contributed by atoms with E-state index in [1.807, 2.05) is 14.1 Å². The van der Waals surface area contributed by atoms with Crippen LogP contribution in [0.15, 0.2) is 6.20 Å². The highest BCUT2D eigenvalue weighted by molar-refractivity contribution is 6.33. The molecule has 1 N–H and O–H groups in total. The second kappa shape index (κ2) is 7.20. The predicted octanol–water partition coefficient (Wildman–Crippen LogP) is 1.67. The number of halogens is 1. The molecule has 20 heavy (non-hydrogen) atoms. The van der Waals surface area contributed by atoms with Gasteiger partial charge in [0.25, 0.3) is 0 Å². The first kappa shape index (κ1) is 15.5. The Morgan fingerprint density at radius 2 is 2.20 bits per heavy atom. The molecule has 0 aliphatic carbocycles. The zero-order valence-corrected chi connectivity index (χ0v) is 13.0. The normalized spacial score (nSPS) is 16.8. The van der Waals surface area contributed by atoms with Gasteiger partial charge in [-0.25, -0.2) is 0 Å². The topological polar surface area (TPSA) is 50.2 Å². The van der Waals surface area contributed by atoms with E-state index < -0.39 is 0 Å². The molecular weight excluding hydrogens is 276 g/mol. The summed E-state index contributed by atoms with van der Waals surface area (Å²) in [6, 6.07) is 0. The van der Waals surface area contributed by atoms with Crippen molar-refractivity contribution in [1.82, 2.24) is 20.0 Å². The number of Topliss-reactive ketones (excluding diaryl/α,β-unsaturated/α-hetero) is 1. The molecule has 112 valence electrons. The molecule has 1 aliphatic rings. The second-order valence-electron chi connectivity index (χ2n) is 5.69. The molecule has 1 aromatic rings. The van der Waals surface area contributed by atoms with Crippen LogP contribution in [0.5, 0.6) is 0 Å². The number of nitrogens with zero attached hydrogens (tertiary/aromatic N) is 3. The van der Waals surface area contributed by atoms with E-state index in [0.29, 0.717) is 29.6 Å². The van der Waals surface area contributed by atoms with Gasteiger partial charge in [-0.1, -0.05) is 11.6 Å². The van der Waals surface area contributed by atoms with Crippen LogP contribution < -0.4 is 5.32 Å². The van der Waals surface area contributed by atoms with Crippen LogP contribution in [-0.4, -0.2) is 54.2 Å². The molecule has 6 heteroatoms. The van der Waals surface area contributed by atoms with Crippen molar-refractivity contribution in [2.45, 2.75) is 25.8 Å². The molecule has 0 spiro atoms. The van der Waals surface area contributed by atoms with Gasteiger partial charge in [0, 0.05) is 13.0 Å². The first-order chi connectivity index (χ1) is 9.58. The van der Waals surface area contributed by atoms with E-state index in [4.69, 9.17) is 11.6 Å². The fraction of sp³-hybridized carbons (Fsp3) is 0.714. The van der Waals surface area contributed by atoms with Crippen LogP contribution in [-0.2, 0) is 6.54 Å². The smallest absolute Gasteiger partial charge is 0.182 e. The third-order valence-electron chi connectivity index (χ3n) is 3.75. The Hall–Kier alpha value is -0.910. The van der Waals surface area contributed by atoms with Crippen molar-refractivity contribution in [1.29, 1.82) is 0 Å². The summed E-state index contributed by atoms with van der Waals surface area (Å²) in [5.74, 6) is 0.593. The number of piperidine rings is 1. The van der Waals surface area contributed by atoms with Crippen LogP contribution >= 0.6 is 11.6 Å². The average Bonchev–Trinajstić information content (AvgIpc) is 2.78. The Morgan fingerprint density at radius 3 is 2.85 bits per heavy atom. The van der Waals surface area contributed by atoms with Crippen molar-refractivity contribution >= 4 is 17.4 Å². The van der Waals surface area contributed by atoms with E-state index in [2.05, 4.69) is 15.3 Å². The third kappa shape index (κ3) is 4.04. The quantitative estimate of drug-likeness (QED) is 0.812. The highest BCUT2D eigenvalue weighted by Crippen LogP contribution is 2.23. The molecule has 1 aromatic heterocycles. The Bertz CT molecular complexity index is 452. The molecular formula is C14H23ClN4O. The molecule has 0 aromatic carbocycles. The summed E-state index contributed by atoms with van der Waals surface area (Å²) in [5.41, 5.74) is 0.576. The number of hydrogen-bond acceptors (Lipinski definition) is 4. The van der Waals surface area contributed by atoms with Gasteiger partial charge >= 0.3 is 0 Å². The van der Waals surface area contributed by atoms with Crippen LogP contribution in [0.3, 0.4) is 0 Å². The van der Waals surface area contributed by atoms with E-state index in [1.54, 1.807) is 10.9 Å². The number of aromatic nitrogens is 2. The average molecular weight is 299 g/mol. The number of carbonyl (C=O) groups is 1. The minimum Gasteiger partial charge on any atom is -0.317 e. The minimum atomic E-state index is 0.123. The zero-order chi connectivity index (χ0) is 14.5.